The van der Waals surface area contributed by atoms with E-state index in [0.717, 1.165) is 17.1 Å². The van der Waals surface area contributed by atoms with Crippen molar-refractivity contribution in [3.63, 3.8) is 0 Å². The average Bonchev–Trinajstić information content (AvgIpc) is 2.95. The number of nitrogens with one attached hydrogen (secondary N) is 2. The van der Waals surface area contributed by atoms with Crippen LogP contribution in [0.5, 0.6) is 0 Å². The maximum atomic E-state index is 6.25. The number of fused-ring (bicyclic) bond motifs is 1. The third-order valence-corrected chi connectivity index (χ3v) is 3.99. The Morgan fingerprint density at radius 2 is 2.12 bits per heavy atom. The normalized spacial score (nSPS) is 17.0. The summed E-state index contributed by atoms with van der Waals surface area (Å²) in [6, 6.07) is 6.70. The molecule has 1 aromatic heterocycles. The van der Waals surface area contributed by atoms with Gasteiger partial charge < -0.3 is 10.3 Å². The molecule has 1 aliphatic carbocycles. The van der Waals surface area contributed by atoms with Gasteiger partial charge in [-0.2, -0.15) is 0 Å². The highest BCUT2D eigenvalue weighted by Gasteiger charge is 2.15. The van der Waals surface area contributed by atoms with Crippen LogP contribution in [0.3, 0.4) is 0 Å². The molecule has 1 aliphatic rings. The molecule has 0 spiro atoms. The number of rotatable bonds is 3. The van der Waals surface area contributed by atoms with Gasteiger partial charge in [-0.3, -0.25) is 0 Å². The second kappa shape index (κ2) is 4.71. The van der Waals surface area contributed by atoms with E-state index >= 15 is 0 Å². The van der Waals surface area contributed by atoms with E-state index in [1.54, 1.807) is 0 Å². The minimum atomic E-state index is 0.697. The molecule has 17 heavy (non-hydrogen) atoms. The van der Waals surface area contributed by atoms with Crippen molar-refractivity contribution in [3.05, 3.63) is 35.0 Å². The first-order valence-corrected chi connectivity index (χ1v) is 6.70. The topological polar surface area (TPSA) is 27.8 Å². The lowest BCUT2D eigenvalue weighted by atomic mass is 10.1. The molecule has 3 rings (SSSR count). The van der Waals surface area contributed by atoms with Crippen LogP contribution in [0.2, 0.25) is 5.02 Å². The van der Waals surface area contributed by atoms with Gasteiger partial charge in [0.25, 0.3) is 0 Å². The Morgan fingerprint density at radius 1 is 1.29 bits per heavy atom. The molecular weight excluding hydrogens is 232 g/mol. The lowest BCUT2D eigenvalue weighted by Gasteiger charge is -2.11. The van der Waals surface area contributed by atoms with Gasteiger partial charge in [0.2, 0.25) is 0 Å². The van der Waals surface area contributed by atoms with Crippen molar-refractivity contribution in [3.8, 4) is 0 Å². The van der Waals surface area contributed by atoms with Crippen molar-refractivity contribution in [1.82, 2.24) is 10.3 Å². The van der Waals surface area contributed by atoms with Crippen LogP contribution in [0.4, 0.5) is 0 Å². The van der Waals surface area contributed by atoms with Gasteiger partial charge in [-0.25, -0.2) is 0 Å². The smallest absolute Gasteiger partial charge is 0.0503 e. The summed E-state index contributed by atoms with van der Waals surface area (Å²) < 4.78 is 0. The Balaban J connectivity index is 1.80. The van der Waals surface area contributed by atoms with Gasteiger partial charge in [-0.15, -0.1) is 0 Å². The van der Waals surface area contributed by atoms with Crippen LogP contribution in [-0.4, -0.2) is 11.0 Å². The molecule has 90 valence electrons. The third-order valence-electron chi connectivity index (χ3n) is 3.67. The van der Waals surface area contributed by atoms with Crippen molar-refractivity contribution in [2.75, 3.05) is 0 Å². The van der Waals surface area contributed by atoms with E-state index in [-0.39, 0.29) is 0 Å². The molecule has 0 bridgehead atoms. The van der Waals surface area contributed by atoms with E-state index in [0.29, 0.717) is 6.04 Å². The Labute approximate surface area is 106 Å². The number of benzene rings is 1. The highest BCUT2D eigenvalue weighted by molar-refractivity contribution is 6.35. The van der Waals surface area contributed by atoms with Crippen molar-refractivity contribution < 1.29 is 0 Å². The van der Waals surface area contributed by atoms with Gasteiger partial charge in [-0.05, 0) is 30.5 Å². The van der Waals surface area contributed by atoms with Crippen LogP contribution in [-0.2, 0) is 6.54 Å². The van der Waals surface area contributed by atoms with E-state index in [1.165, 1.54) is 36.6 Å². The summed E-state index contributed by atoms with van der Waals surface area (Å²) in [5.74, 6) is 0. The SMILES string of the molecule is Clc1cccc2[nH]cc(CNC3CCCC3)c12. The van der Waals surface area contributed by atoms with Gasteiger partial charge >= 0.3 is 0 Å². The first-order chi connectivity index (χ1) is 8.34. The quantitative estimate of drug-likeness (QED) is 0.848. The summed E-state index contributed by atoms with van der Waals surface area (Å²) in [6.07, 6.45) is 7.43. The fourth-order valence-corrected chi connectivity index (χ4v) is 3.03. The zero-order valence-corrected chi connectivity index (χ0v) is 10.6. The summed E-state index contributed by atoms with van der Waals surface area (Å²) in [4.78, 5) is 3.28. The molecule has 1 fully saturated rings. The average molecular weight is 249 g/mol. The summed E-state index contributed by atoms with van der Waals surface area (Å²) in [5.41, 5.74) is 2.40. The minimum absolute atomic E-state index is 0.697. The number of halogens is 1. The highest BCUT2D eigenvalue weighted by atomic mass is 35.5. The molecule has 2 nitrogen and oxygen atoms in total. The van der Waals surface area contributed by atoms with E-state index in [4.69, 9.17) is 11.6 Å². The van der Waals surface area contributed by atoms with Crippen LogP contribution in [0.1, 0.15) is 31.2 Å². The molecule has 1 heterocycles. The maximum absolute atomic E-state index is 6.25. The van der Waals surface area contributed by atoms with Crippen molar-refractivity contribution in [2.24, 2.45) is 0 Å². The minimum Gasteiger partial charge on any atom is -0.361 e. The summed E-state index contributed by atoms with van der Waals surface area (Å²) in [6.45, 7) is 0.911. The Bertz CT molecular complexity index is 512. The standard InChI is InChI=1S/C14H17ClN2/c15-12-6-3-7-13-14(12)10(9-17-13)8-16-11-4-1-2-5-11/h3,6-7,9,11,16-17H,1-2,4-5,8H2. The van der Waals surface area contributed by atoms with E-state index in [2.05, 4.69) is 22.6 Å². The van der Waals surface area contributed by atoms with Crippen molar-refractivity contribution >= 4 is 22.5 Å². The fourth-order valence-electron chi connectivity index (χ4n) is 2.73. The zero-order chi connectivity index (χ0) is 11.7. The third kappa shape index (κ3) is 2.20. The first-order valence-electron chi connectivity index (χ1n) is 6.32. The van der Waals surface area contributed by atoms with Gasteiger partial charge in [-0.1, -0.05) is 30.5 Å². The van der Waals surface area contributed by atoms with E-state index < -0.39 is 0 Å². The summed E-state index contributed by atoms with van der Waals surface area (Å²) >= 11 is 6.25. The fraction of sp³-hybridized carbons (Fsp3) is 0.429. The maximum Gasteiger partial charge on any atom is 0.0503 e. The van der Waals surface area contributed by atoms with Gasteiger partial charge in [0.15, 0.2) is 0 Å². The second-order valence-electron chi connectivity index (χ2n) is 4.84. The lowest BCUT2D eigenvalue weighted by molar-refractivity contribution is 0.525. The molecule has 1 saturated carbocycles. The molecule has 0 saturated heterocycles. The van der Waals surface area contributed by atoms with Gasteiger partial charge in [0, 0.05) is 29.7 Å². The van der Waals surface area contributed by atoms with Crippen LogP contribution in [0.15, 0.2) is 24.4 Å². The Kier molecular flexibility index (Phi) is 3.08. The van der Waals surface area contributed by atoms with Gasteiger partial charge in [0.05, 0.1) is 5.02 Å². The Hall–Kier alpha value is -0.990. The predicted octanol–water partition coefficient (Wildman–Crippen LogP) is 3.85. The first kappa shape index (κ1) is 11.1. The summed E-state index contributed by atoms with van der Waals surface area (Å²) in [7, 11) is 0. The lowest BCUT2D eigenvalue weighted by Crippen LogP contribution is -2.25. The molecule has 1 aromatic carbocycles. The second-order valence-corrected chi connectivity index (χ2v) is 5.25. The molecule has 0 aliphatic heterocycles. The largest absolute Gasteiger partial charge is 0.361 e. The van der Waals surface area contributed by atoms with Crippen LogP contribution >= 0.6 is 11.6 Å². The van der Waals surface area contributed by atoms with Crippen LogP contribution < -0.4 is 5.32 Å². The monoisotopic (exact) mass is 248 g/mol. The van der Waals surface area contributed by atoms with Crippen molar-refractivity contribution in [2.45, 2.75) is 38.3 Å². The molecule has 2 N–H and O–H groups in total. The molecule has 0 unspecified atom stereocenters. The number of hydrogen-bond acceptors (Lipinski definition) is 1. The Morgan fingerprint density at radius 3 is 2.94 bits per heavy atom. The van der Waals surface area contributed by atoms with Crippen LogP contribution in [0.25, 0.3) is 10.9 Å². The number of aromatic nitrogens is 1. The molecule has 0 amide bonds. The van der Waals surface area contributed by atoms with Crippen LogP contribution in [0, 0.1) is 0 Å². The van der Waals surface area contributed by atoms with E-state index in [9.17, 15) is 0 Å². The molecule has 0 atom stereocenters. The zero-order valence-electron chi connectivity index (χ0n) is 9.80. The van der Waals surface area contributed by atoms with Crippen molar-refractivity contribution in [1.29, 1.82) is 0 Å². The predicted molar refractivity (Wildman–Crippen MR) is 72.4 cm³/mol. The number of hydrogen-bond donors (Lipinski definition) is 2. The van der Waals surface area contributed by atoms with Gasteiger partial charge in [0.1, 0.15) is 0 Å². The number of H-pyrrole nitrogens is 1. The highest BCUT2D eigenvalue weighted by Crippen LogP contribution is 2.27. The number of aromatic amines is 1. The van der Waals surface area contributed by atoms with E-state index in [1.807, 2.05) is 12.1 Å². The molecule has 3 heteroatoms. The molecule has 0 radical (unpaired) electrons. The molecule has 2 aromatic rings. The molecular formula is C14H17ClN2. The summed E-state index contributed by atoms with van der Waals surface area (Å²) in [5, 5.41) is 5.63.